The standard InChI is InChI=1S/C18H25O6P.Na.H/c1-18-7-6-13-12(14(18)4-5-16(18)20)3-2-10-8-11(19)9-15(17(10)13)24-25(21,22)23;;/h8-9,12-14,16,19-20H,2-7H2,1H3,(H2,21,22,23);;/q;+1;-1/t12-,13+,14+,16-,18+;;/m1../s1. The van der Waals surface area contributed by atoms with Crippen LogP contribution in [-0.2, 0) is 11.0 Å². The van der Waals surface area contributed by atoms with E-state index in [0.29, 0.717) is 11.8 Å². The van der Waals surface area contributed by atoms with Crippen molar-refractivity contribution in [1.82, 2.24) is 0 Å². The van der Waals surface area contributed by atoms with Gasteiger partial charge in [-0.2, -0.15) is 0 Å². The second kappa shape index (κ2) is 7.07. The number of hydrogen-bond acceptors (Lipinski definition) is 4. The Morgan fingerprint density at radius 2 is 1.96 bits per heavy atom. The number of phenolic OH excluding ortho intramolecular Hbond substituents is 1. The number of rotatable bonds is 2. The van der Waals surface area contributed by atoms with Crippen molar-refractivity contribution in [2.24, 2.45) is 17.3 Å². The molecule has 0 aromatic heterocycles. The molecule has 8 heteroatoms. The van der Waals surface area contributed by atoms with Crippen molar-refractivity contribution in [2.75, 3.05) is 0 Å². The van der Waals surface area contributed by atoms with Crippen LogP contribution in [0.5, 0.6) is 11.5 Å². The number of aryl methyl sites for hydroxylation is 1. The third-order valence-corrected chi connectivity index (χ3v) is 7.37. The molecule has 0 radical (unpaired) electrons. The van der Waals surface area contributed by atoms with Crippen molar-refractivity contribution < 1.29 is 60.1 Å². The average Bonchev–Trinajstić information content (AvgIpc) is 2.80. The molecule has 26 heavy (non-hydrogen) atoms. The molecule has 2 saturated carbocycles. The predicted molar refractivity (Wildman–Crippen MR) is 92.5 cm³/mol. The van der Waals surface area contributed by atoms with Crippen LogP contribution in [0.3, 0.4) is 0 Å². The normalized spacial score (nSPS) is 35.7. The number of aliphatic hydroxyl groups is 1. The summed E-state index contributed by atoms with van der Waals surface area (Å²) in [6, 6.07) is 3.01. The minimum absolute atomic E-state index is 0. The number of phenols is 1. The summed E-state index contributed by atoms with van der Waals surface area (Å²) in [7, 11) is -4.70. The van der Waals surface area contributed by atoms with Crippen LogP contribution < -0.4 is 34.1 Å². The summed E-state index contributed by atoms with van der Waals surface area (Å²) >= 11 is 0. The Labute approximate surface area is 177 Å². The van der Waals surface area contributed by atoms with Crippen molar-refractivity contribution in [3.63, 3.8) is 0 Å². The number of benzene rings is 1. The fraction of sp³-hybridized carbons (Fsp3) is 0.667. The summed E-state index contributed by atoms with van der Waals surface area (Å²) in [6.45, 7) is 2.19. The summed E-state index contributed by atoms with van der Waals surface area (Å²) in [5.41, 5.74) is 1.72. The Balaban J connectivity index is 0.00000131. The molecule has 0 spiro atoms. The summed E-state index contributed by atoms with van der Waals surface area (Å²) < 4.78 is 16.3. The quantitative estimate of drug-likeness (QED) is 0.423. The van der Waals surface area contributed by atoms with Gasteiger partial charge in [0.25, 0.3) is 0 Å². The zero-order chi connectivity index (χ0) is 18.0. The Morgan fingerprint density at radius 1 is 1.23 bits per heavy atom. The van der Waals surface area contributed by atoms with Crippen molar-refractivity contribution in [3.05, 3.63) is 23.3 Å². The van der Waals surface area contributed by atoms with Crippen molar-refractivity contribution in [1.29, 1.82) is 0 Å². The van der Waals surface area contributed by atoms with Gasteiger partial charge in [0.05, 0.1) is 6.10 Å². The van der Waals surface area contributed by atoms with Crippen LogP contribution in [0.4, 0.5) is 0 Å². The van der Waals surface area contributed by atoms with E-state index in [9.17, 15) is 24.6 Å². The van der Waals surface area contributed by atoms with Crippen molar-refractivity contribution >= 4 is 7.82 Å². The molecule has 0 saturated heterocycles. The number of phosphoric ester groups is 1. The van der Waals surface area contributed by atoms with Crippen LogP contribution in [0.25, 0.3) is 0 Å². The Kier molecular flexibility index (Phi) is 5.62. The zero-order valence-corrected chi connectivity index (χ0v) is 18.2. The molecule has 0 amide bonds. The fourth-order valence-electron chi connectivity index (χ4n) is 5.84. The van der Waals surface area contributed by atoms with E-state index in [1.54, 1.807) is 6.07 Å². The third-order valence-electron chi connectivity index (χ3n) is 6.93. The molecule has 1 aromatic rings. The SMILES string of the molecule is C[C@]12CC[C@@H]3c4c(cc(O)cc4OP(=O)(O)O)CC[C@H]3[C@@H]1CC[C@H]2O.[H-].[Na+]. The number of hydrogen-bond donors (Lipinski definition) is 4. The molecular weight excluding hydrogens is 366 g/mol. The van der Waals surface area contributed by atoms with Gasteiger partial charge in [-0.25, -0.2) is 4.57 Å². The van der Waals surface area contributed by atoms with Crippen LogP contribution in [-0.4, -0.2) is 26.1 Å². The molecule has 4 N–H and O–H groups in total. The van der Waals surface area contributed by atoms with Gasteiger partial charge in [0, 0.05) is 11.6 Å². The Hall–Kier alpha value is -0.0700. The van der Waals surface area contributed by atoms with Crippen LogP contribution in [0.15, 0.2) is 12.1 Å². The third kappa shape index (κ3) is 3.39. The summed E-state index contributed by atoms with van der Waals surface area (Å²) in [5, 5.41) is 20.4. The van der Waals surface area contributed by atoms with Gasteiger partial charge in [0.2, 0.25) is 0 Å². The number of fused-ring (bicyclic) bond motifs is 5. The van der Waals surface area contributed by atoms with E-state index in [0.717, 1.165) is 49.7 Å². The molecular formula is C18H26NaO6P. The van der Waals surface area contributed by atoms with Gasteiger partial charge in [0.15, 0.2) is 0 Å². The topological polar surface area (TPSA) is 107 Å². The second-order valence-corrected chi connectivity index (χ2v) is 9.32. The molecule has 140 valence electrons. The van der Waals surface area contributed by atoms with Gasteiger partial charge in [0.1, 0.15) is 11.5 Å². The molecule has 3 aliphatic carbocycles. The molecule has 0 bridgehead atoms. The van der Waals surface area contributed by atoms with E-state index in [1.165, 1.54) is 6.07 Å². The molecule has 0 heterocycles. The number of aromatic hydroxyl groups is 1. The summed E-state index contributed by atoms with van der Waals surface area (Å²) in [6.07, 6.45) is 5.07. The van der Waals surface area contributed by atoms with Gasteiger partial charge in [-0.3, -0.25) is 9.79 Å². The van der Waals surface area contributed by atoms with E-state index in [2.05, 4.69) is 6.92 Å². The first-order valence-corrected chi connectivity index (χ1v) is 10.5. The van der Waals surface area contributed by atoms with E-state index < -0.39 is 7.82 Å². The summed E-state index contributed by atoms with van der Waals surface area (Å²) in [5.74, 6) is 1.05. The number of aliphatic hydroxyl groups excluding tert-OH is 1. The van der Waals surface area contributed by atoms with Gasteiger partial charge in [-0.15, -0.1) is 0 Å². The van der Waals surface area contributed by atoms with E-state index >= 15 is 0 Å². The second-order valence-electron chi connectivity index (χ2n) is 8.15. The first-order chi connectivity index (χ1) is 11.7. The van der Waals surface area contributed by atoms with Crippen LogP contribution in [0.2, 0.25) is 0 Å². The van der Waals surface area contributed by atoms with Crippen molar-refractivity contribution in [3.8, 4) is 11.5 Å². The Morgan fingerprint density at radius 3 is 2.65 bits per heavy atom. The number of phosphoric acid groups is 1. The largest absolute Gasteiger partial charge is 1.00 e. The Bertz CT molecular complexity index is 756. The van der Waals surface area contributed by atoms with Gasteiger partial charge in [-0.05, 0) is 73.3 Å². The molecule has 4 rings (SSSR count). The fourth-order valence-corrected chi connectivity index (χ4v) is 6.25. The van der Waals surface area contributed by atoms with Gasteiger partial charge in [-0.1, -0.05) is 6.92 Å². The van der Waals surface area contributed by atoms with Gasteiger partial charge < -0.3 is 16.2 Å². The van der Waals surface area contributed by atoms with E-state index in [4.69, 9.17) is 4.52 Å². The van der Waals surface area contributed by atoms with E-state index in [1.807, 2.05) is 0 Å². The summed E-state index contributed by atoms with van der Waals surface area (Å²) in [4.78, 5) is 18.5. The molecule has 5 atom stereocenters. The molecule has 2 fully saturated rings. The zero-order valence-electron chi connectivity index (χ0n) is 16.3. The first-order valence-electron chi connectivity index (χ1n) is 8.98. The van der Waals surface area contributed by atoms with Gasteiger partial charge >= 0.3 is 37.4 Å². The van der Waals surface area contributed by atoms with Crippen LogP contribution in [0.1, 0.15) is 57.5 Å². The molecule has 6 nitrogen and oxygen atoms in total. The molecule has 0 unspecified atom stereocenters. The van der Waals surface area contributed by atoms with E-state index in [-0.39, 0.29) is 59.9 Å². The minimum Gasteiger partial charge on any atom is -1.00 e. The predicted octanol–water partition coefficient (Wildman–Crippen LogP) is 0.197. The molecule has 0 aliphatic heterocycles. The molecule has 3 aliphatic rings. The van der Waals surface area contributed by atoms with Crippen molar-refractivity contribution in [2.45, 2.75) is 57.5 Å². The van der Waals surface area contributed by atoms with Crippen LogP contribution in [0, 0.1) is 17.3 Å². The molecule has 1 aromatic carbocycles. The maximum Gasteiger partial charge on any atom is 1.00 e. The smallest absolute Gasteiger partial charge is 1.00 e. The first kappa shape index (κ1) is 20.7. The monoisotopic (exact) mass is 392 g/mol. The minimum atomic E-state index is -4.70. The maximum absolute atomic E-state index is 11.4. The van der Waals surface area contributed by atoms with Crippen LogP contribution >= 0.6 is 7.82 Å². The maximum atomic E-state index is 11.4. The average molecular weight is 392 g/mol.